The summed E-state index contributed by atoms with van der Waals surface area (Å²) < 4.78 is 6.87. The van der Waals surface area contributed by atoms with Crippen LogP contribution in [0.4, 0.5) is 0 Å². The van der Waals surface area contributed by atoms with Gasteiger partial charge in [-0.25, -0.2) is 14.5 Å². The van der Waals surface area contributed by atoms with Crippen LogP contribution >= 0.6 is 0 Å². The number of fused-ring (bicyclic) bond motifs is 1. The van der Waals surface area contributed by atoms with Crippen molar-refractivity contribution in [1.82, 2.24) is 24.6 Å². The van der Waals surface area contributed by atoms with Crippen molar-refractivity contribution in [2.24, 2.45) is 5.73 Å². The van der Waals surface area contributed by atoms with E-state index in [0.717, 1.165) is 22.6 Å². The molecule has 0 radical (unpaired) electrons. The van der Waals surface area contributed by atoms with E-state index < -0.39 is 6.04 Å². The van der Waals surface area contributed by atoms with Crippen LogP contribution in [-0.2, 0) is 0 Å². The molecule has 0 bridgehead atoms. The Hall–Kier alpha value is -3.32. The molecule has 0 spiro atoms. The number of nitrogens with zero attached hydrogens (tertiary/aromatic N) is 5. The monoisotopic (exact) mass is 332 g/mol. The van der Waals surface area contributed by atoms with Crippen LogP contribution < -0.4 is 10.5 Å². The molecule has 0 aromatic carbocycles. The fraction of sp³-hybridized carbons (Fsp3) is 0.111. The van der Waals surface area contributed by atoms with Crippen LogP contribution in [0, 0.1) is 0 Å². The summed E-state index contributed by atoms with van der Waals surface area (Å²) in [5.41, 5.74) is 10.3. The highest BCUT2D eigenvalue weighted by Gasteiger charge is 2.14. The second-order valence-electron chi connectivity index (χ2n) is 5.49. The molecule has 7 nitrogen and oxygen atoms in total. The van der Waals surface area contributed by atoms with Crippen LogP contribution in [-0.4, -0.2) is 31.7 Å². The summed E-state index contributed by atoms with van der Waals surface area (Å²) in [6.45, 7) is 0. The van der Waals surface area contributed by atoms with Crippen molar-refractivity contribution < 1.29 is 4.74 Å². The average molecular weight is 332 g/mol. The van der Waals surface area contributed by atoms with Gasteiger partial charge < -0.3 is 10.5 Å². The summed E-state index contributed by atoms with van der Waals surface area (Å²) >= 11 is 0. The van der Waals surface area contributed by atoms with E-state index in [1.165, 1.54) is 0 Å². The maximum absolute atomic E-state index is 6.32. The Bertz CT molecular complexity index is 997. The van der Waals surface area contributed by atoms with Crippen LogP contribution in [0.15, 0.2) is 61.1 Å². The lowest BCUT2D eigenvalue weighted by atomic mass is 10.1. The number of nitrogens with two attached hydrogens (primary N) is 1. The lowest BCUT2D eigenvalue weighted by Gasteiger charge is -2.11. The van der Waals surface area contributed by atoms with Crippen LogP contribution in [0.25, 0.3) is 16.9 Å². The number of hydrogen-bond donors (Lipinski definition) is 1. The topological polar surface area (TPSA) is 91.2 Å². The molecule has 25 heavy (non-hydrogen) atoms. The minimum Gasteiger partial charge on any atom is -0.481 e. The Morgan fingerprint density at radius 1 is 0.960 bits per heavy atom. The smallest absolute Gasteiger partial charge is 0.212 e. The van der Waals surface area contributed by atoms with Gasteiger partial charge in [0, 0.05) is 24.0 Å². The first kappa shape index (κ1) is 15.2. The van der Waals surface area contributed by atoms with Crippen molar-refractivity contribution in [3.63, 3.8) is 0 Å². The Morgan fingerprint density at radius 3 is 2.60 bits per heavy atom. The molecule has 4 aromatic heterocycles. The molecule has 0 aliphatic carbocycles. The van der Waals surface area contributed by atoms with Gasteiger partial charge in [-0.15, -0.1) is 0 Å². The lowest BCUT2D eigenvalue weighted by molar-refractivity contribution is 0.398. The summed E-state index contributed by atoms with van der Waals surface area (Å²) in [4.78, 5) is 12.9. The molecule has 1 unspecified atom stereocenters. The van der Waals surface area contributed by atoms with Gasteiger partial charge in [0.25, 0.3) is 0 Å². The van der Waals surface area contributed by atoms with E-state index in [9.17, 15) is 0 Å². The molecular weight excluding hydrogens is 316 g/mol. The van der Waals surface area contributed by atoms with Crippen molar-refractivity contribution in [3.05, 3.63) is 72.4 Å². The Morgan fingerprint density at radius 2 is 1.88 bits per heavy atom. The Kier molecular flexibility index (Phi) is 3.83. The molecule has 0 saturated heterocycles. The molecule has 0 amide bonds. The largest absolute Gasteiger partial charge is 0.481 e. The van der Waals surface area contributed by atoms with Crippen LogP contribution in [0.5, 0.6) is 5.88 Å². The minimum absolute atomic E-state index is 0.408. The first-order valence-electron chi connectivity index (χ1n) is 7.78. The van der Waals surface area contributed by atoms with Crippen molar-refractivity contribution in [3.8, 4) is 17.1 Å². The second kappa shape index (κ2) is 6.29. The van der Waals surface area contributed by atoms with Crippen LogP contribution in [0.1, 0.15) is 17.4 Å². The Balaban J connectivity index is 1.77. The lowest BCUT2D eigenvalue weighted by Crippen LogP contribution is -2.16. The van der Waals surface area contributed by atoms with Gasteiger partial charge in [-0.2, -0.15) is 5.10 Å². The molecular formula is C18H16N6O. The van der Waals surface area contributed by atoms with Gasteiger partial charge in [0.05, 0.1) is 36.4 Å². The zero-order chi connectivity index (χ0) is 17.2. The molecule has 2 N–H and O–H groups in total. The van der Waals surface area contributed by atoms with E-state index in [0.29, 0.717) is 11.6 Å². The number of aromatic nitrogens is 5. The van der Waals surface area contributed by atoms with Gasteiger partial charge in [-0.1, -0.05) is 6.07 Å². The third-order valence-electron chi connectivity index (χ3n) is 3.95. The molecule has 0 fully saturated rings. The van der Waals surface area contributed by atoms with Gasteiger partial charge in [0.2, 0.25) is 5.88 Å². The number of rotatable bonds is 4. The molecule has 4 aromatic rings. The minimum atomic E-state index is -0.408. The van der Waals surface area contributed by atoms with Gasteiger partial charge in [-0.3, -0.25) is 4.98 Å². The van der Waals surface area contributed by atoms with Crippen LogP contribution in [0.2, 0.25) is 0 Å². The summed E-state index contributed by atoms with van der Waals surface area (Å²) in [6, 6.07) is 12.7. The van der Waals surface area contributed by atoms with E-state index >= 15 is 0 Å². The van der Waals surface area contributed by atoms with E-state index in [1.807, 2.05) is 36.4 Å². The number of pyridine rings is 2. The molecule has 0 aliphatic rings. The molecule has 7 heteroatoms. The summed E-state index contributed by atoms with van der Waals surface area (Å²) in [5, 5.41) is 4.66. The SMILES string of the molecule is COc1ccc(-c2cnc3ccc(C(N)c4ccccn4)nn23)cn1. The number of methoxy groups -OCH3 is 1. The quantitative estimate of drug-likeness (QED) is 0.616. The average Bonchev–Trinajstić information content (AvgIpc) is 3.11. The fourth-order valence-electron chi connectivity index (χ4n) is 2.61. The third kappa shape index (κ3) is 2.81. The normalized spacial score (nSPS) is 12.2. The predicted octanol–water partition coefficient (Wildman–Crippen LogP) is 2.24. The van der Waals surface area contributed by atoms with Crippen molar-refractivity contribution in [1.29, 1.82) is 0 Å². The summed E-state index contributed by atoms with van der Waals surface area (Å²) in [6.07, 6.45) is 5.22. The van der Waals surface area contributed by atoms with Crippen molar-refractivity contribution in [2.75, 3.05) is 7.11 Å². The third-order valence-corrected chi connectivity index (χ3v) is 3.95. The number of ether oxygens (including phenoxy) is 1. The standard InChI is InChI=1S/C18H16N6O/c1-25-17-8-5-12(10-22-17)15-11-21-16-7-6-14(23-24(15)16)18(19)13-4-2-3-9-20-13/h2-11,18H,19H2,1H3. The fourth-order valence-corrected chi connectivity index (χ4v) is 2.61. The van der Waals surface area contributed by atoms with Gasteiger partial charge in [-0.05, 0) is 30.3 Å². The van der Waals surface area contributed by atoms with Crippen molar-refractivity contribution >= 4 is 5.65 Å². The van der Waals surface area contributed by atoms with E-state index in [-0.39, 0.29) is 0 Å². The highest BCUT2D eigenvalue weighted by atomic mass is 16.5. The zero-order valence-electron chi connectivity index (χ0n) is 13.6. The van der Waals surface area contributed by atoms with E-state index in [2.05, 4.69) is 20.1 Å². The number of imidazole rings is 1. The van der Waals surface area contributed by atoms with Crippen LogP contribution in [0.3, 0.4) is 0 Å². The predicted molar refractivity (Wildman–Crippen MR) is 93.0 cm³/mol. The maximum Gasteiger partial charge on any atom is 0.212 e. The van der Waals surface area contributed by atoms with Gasteiger partial charge in [0.1, 0.15) is 0 Å². The van der Waals surface area contributed by atoms with Crippen molar-refractivity contribution in [2.45, 2.75) is 6.04 Å². The highest BCUT2D eigenvalue weighted by Crippen LogP contribution is 2.22. The maximum atomic E-state index is 6.32. The molecule has 0 aliphatic heterocycles. The van der Waals surface area contributed by atoms with Gasteiger partial charge in [0.15, 0.2) is 5.65 Å². The highest BCUT2D eigenvalue weighted by molar-refractivity contribution is 5.62. The molecule has 0 saturated carbocycles. The summed E-state index contributed by atoms with van der Waals surface area (Å²) in [5.74, 6) is 0.559. The van der Waals surface area contributed by atoms with E-state index in [4.69, 9.17) is 10.5 Å². The number of hydrogen-bond acceptors (Lipinski definition) is 6. The molecule has 1 atom stereocenters. The van der Waals surface area contributed by atoms with Gasteiger partial charge >= 0.3 is 0 Å². The molecule has 4 heterocycles. The first-order chi connectivity index (χ1) is 12.3. The van der Waals surface area contributed by atoms with E-state index in [1.54, 1.807) is 36.3 Å². The second-order valence-corrected chi connectivity index (χ2v) is 5.49. The molecule has 124 valence electrons. The Labute approximate surface area is 144 Å². The first-order valence-corrected chi connectivity index (χ1v) is 7.78. The zero-order valence-corrected chi connectivity index (χ0v) is 13.6. The summed E-state index contributed by atoms with van der Waals surface area (Å²) in [7, 11) is 1.59. The molecule has 4 rings (SSSR count).